The number of hydrogen-bond acceptors (Lipinski definition) is 2. The number of amides is 1. The van der Waals surface area contributed by atoms with Crippen LogP contribution in [0, 0.1) is 0 Å². The second-order valence-electron chi connectivity index (χ2n) is 5.54. The number of benzene rings is 2. The van der Waals surface area contributed by atoms with E-state index in [0.29, 0.717) is 10.0 Å². The van der Waals surface area contributed by atoms with Gasteiger partial charge in [0.15, 0.2) is 0 Å². The molecule has 2 aromatic rings. The highest BCUT2D eigenvalue weighted by Gasteiger charge is 2.22. The first-order chi connectivity index (χ1) is 10.9. The summed E-state index contributed by atoms with van der Waals surface area (Å²) < 4.78 is 0. The predicted molar refractivity (Wildman–Crippen MR) is 93.9 cm³/mol. The molecule has 0 aliphatic heterocycles. The molecule has 0 spiro atoms. The van der Waals surface area contributed by atoms with Gasteiger partial charge in [0.2, 0.25) is 5.91 Å². The van der Waals surface area contributed by atoms with Crippen LogP contribution in [0.15, 0.2) is 48.5 Å². The van der Waals surface area contributed by atoms with Crippen LogP contribution in [0.5, 0.6) is 0 Å². The van der Waals surface area contributed by atoms with Gasteiger partial charge in [0.05, 0.1) is 28.6 Å². The lowest BCUT2D eigenvalue weighted by Gasteiger charge is -2.24. The van der Waals surface area contributed by atoms with Crippen LogP contribution >= 0.6 is 23.2 Å². The molecule has 2 atom stereocenters. The van der Waals surface area contributed by atoms with Crippen molar-refractivity contribution in [3.63, 3.8) is 0 Å². The number of aliphatic hydroxyl groups excluding tert-OH is 1. The first-order valence-corrected chi connectivity index (χ1v) is 8.08. The average Bonchev–Trinajstić information content (AvgIpc) is 2.56. The Labute approximate surface area is 146 Å². The maximum atomic E-state index is 12.5. The predicted octanol–water partition coefficient (Wildman–Crippen LogP) is 4.29. The van der Waals surface area contributed by atoms with Gasteiger partial charge in [-0.05, 0) is 30.2 Å². The number of rotatable bonds is 5. The number of halogens is 2. The van der Waals surface area contributed by atoms with Crippen molar-refractivity contribution >= 4 is 29.1 Å². The summed E-state index contributed by atoms with van der Waals surface area (Å²) in [4.78, 5) is 14.1. The van der Waals surface area contributed by atoms with Gasteiger partial charge in [0, 0.05) is 7.05 Å². The van der Waals surface area contributed by atoms with Crippen LogP contribution in [-0.4, -0.2) is 29.5 Å². The van der Waals surface area contributed by atoms with E-state index in [2.05, 4.69) is 0 Å². The van der Waals surface area contributed by atoms with E-state index >= 15 is 0 Å². The molecule has 0 saturated heterocycles. The molecule has 2 rings (SSSR count). The van der Waals surface area contributed by atoms with Crippen LogP contribution in [0.25, 0.3) is 0 Å². The Morgan fingerprint density at radius 2 is 1.74 bits per heavy atom. The molecular formula is C18H19Cl2NO2. The van der Waals surface area contributed by atoms with Crippen molar-refractivity contribution in [3.05, 3.63) is 69.7 Å². The molecule has 0 aromatic heterocycles. The second kappa shape index (κ2) is 7.82. The number of aliphatic hydroxyl groups is 1. The summed E-state index contributed by atoms with van der Waals surface area (Å²) in [5.74, 6) is -0.448. The van der Waals surface area contributed by atoms with Crippen LogP contribution in [-0.2, 0) is 4.79 Å². The molecule has 23 heavy (non-hydrogen) atoms. The van der Waals surface area contributed by atoms with E-state index in [9.17, 15) is 9.90 Å². The summed E-state index contributed by atoms with van der Waals surface area (Å²) in [6.07, 6.45) is -0.717. The van der Waals surface area contributed by atoms with Crippen molar-refractivity contribution in [2.75, 3.05) is 13.6 Å². The Morgan fingerprint density at radius 3 is 2.35 bits per heavy atom. The van der Waals surface area contributed by atoms with Crippen molar-refractivity contribution in [3.8, 4) is 0 Å². The van der Waals surface area contributed by atoms with Gasteiger partial charge in [0.25, 0.3) is 0 Å². The molecule has 0 saturated carbocycles. The third-order valence-electron chi connectivity index (χ3n) is 3.82. The van der Waals surface area contributed by atoms with E-state index in [1.54, 1.807) is 25.2 Å². The zero-order valence-corrected chi connectivity index (χ0v) is 14.6. The smallest absolute Gasteiger partial charge is 0.229 e. The van der Waals surface area contributed by atoms with E-state index in [-0.39, 0.29) is 18.4 Å². The Balaban J connectivity index is 2.05. The number of likely N-dealkylation sites (N-methyl/N-ethyl adjacent to an activating group) is 1. The fourth-order valence-electron chi connectivity index (χ4n) is 2.38. The van der Waals surface area contributed by atoms with Crippen molar-refractivity contribution in [1.82, 2.24) is 4.90 Å². The lowest BCUT2D eigenvalue weighted by atomic mass is 9.99. The molecule has 3 nitrogen and oxygen atoms in total. The molecular weight excluding hydrogens is 333 g/mol. The van der Waals surface area contributed by atoms with Gasteiger partial charge < -0.3 is 10.0 Å². The molecule has 0 aliphatic carbocycles. The summed E-state index contributed by atoms with van der Waals surface area (Å²) in [5, 5.41) is 11.1. The van der Waals surface area contributed by atoms with Gasteiger partial charge in [-0.2, -0.15) is 0 Å². The third kappa shape index (κ3) is 4.47. The zero-order valence-electron chi connectivity index (χ0n) is 13.0. The second-order valence-corrected chi connectivity index (χ2v) is 6.35. The van der Waals surface area contributed by atoms with Crippen molar-refractivity contribution in [1.29, 1.82) is 0 Å². The number of carbonyl (C=O) groups is 1. The number of carbonyl (C=O) groups excluding carboxylic acids is 1. The molecule has 2 aromatic carbocycles. The van der Waals surface area contributed by atoms with Gasteiger partial charge >= 0.3 is 0 Å². The minimum atomic E-state index is -0.717. The highest BCUT2D eigenvalue weighted by molar-refractivity contribution is 6.42. The maximum absolute atomic E-state index is 12.5. The molecule has 0 bridgehead atoms. The molecule has 0 fully saturated rings. The fraction of sp³-hybridized carbons (Fsp3) is 0.278. The lowest BCUT2D eigenvalue weighted by Crippen LogP contribution is -2.34. The standard InChI is InChI=1S/C18H19Cl2NO2/c1-12(14-8-9-15(19)16(20)10-14)18(23)21(2)11-17(22)13-6-4-3-5-7-13/h3-10,12,17,22H,11H2,1-2H3. The Hall–Kier alpha value is -1.55. The van der Waals surface area contributed by atoms with Crippen molar-refractivity contribution < 1.29 is 9.90 Å². The van der Waals surface area contributed by atoms with Crippen LogP contribution < -0.4 is 0 Å². The molecule has 1 N–H and O–H groups in total. The van der Waals surface area contributed by atoms with Crippen LogP contribution in [0.1, 0.15) is 30.1 Å². The minimum absolute atomic E-state index is 0.0848. The Morgan fingerprint density at radius 1 is 1.09 bits per heavy atom. The molecule has 0 heterocycles. The van der Waals surface area contributed by atoms with E-state index in [0.717, 1.165) is 11.1 Å². The first kappa shape index (κ1) is 17.8. The normalized spacial score (nSPS) is 13.4. The van der Waals surface area contributed by atoms with Gasteiger partial charge in [-0.25, -0.2) is 0 Å². The van der Waals surface area contributed by atoms with Gasteiger partial charge in [0.1, 0.15) is 0 Å². The lowest BCUT2D eigenvalue weighted by molar-refractivity contribution is -0.132. The van der Waals surface area contributed by atoms with Gasteiger partial charge in [-0.1, -0.05) is 59.6 Å². The van der Waals surface area contributed by atoms with E-state index < -0.39 is 6.10 Å². The Bertz CT molecular complexity index is 676. The van der Waals surface area contributed by atoms with Crippen molar-refractivity contribution in [2.45, 2.75) is 18.9 Å². The van der Waals surface area contributed by atoms with E-state index in [1.807, 2.05) is 37.3 Å². The first-order valence-electron chi connectivity index (χ1n) is 7.33. The SMILES string of the molecule is CC(C(=O)N(C)CC(O)c1ccccc1)c1ccc(Cl)c(Cl)c1. The zero-order chi connectivity index (χ0) is 17.0. The fourth-order valence-corrected chi connectivity index (χ4v) is 2.69. The Kier molecular flexibility index (Phi) is 6.05. The summed E-state index contributed by atoms with van der Waals surface area (Å²) in [6, 6.07) is 14.5. The van der Waals surface area contributed by atoms with E-state index in [4.69, 9.17) is 23.2 Å². The minimum Gasteiger partial charge on any atom is -0.387 e. The summed E-state index contributed by atoms with van der Waals surface area (Å²) in [6.45, 7) is 2.04. The van der Waals surface area contributed by atoms with Gasteiger partial charge in [-0.15, -0.1) is 0 Å². The summed E-state index contributed by atoms with van der Waals surface area (Å²) in [7, 11) is 1.68. The highest BCUT2D eigenvalue weighted by Crippen LogP contribution is 2.27. The molecule has 0 radical (unpaired) electrons. The van der Waals surface area contributed by atoms with E-state index in [1.165, 1.54) is 4.90 Å². The number of nitrogens with zero attached hydrogens (tertiary/aromatic N) is 1. The average molecular weight is 352 g/mol. The number of hydrogen-bond donors (Lipinski definition) is 1. The van der Waals surface area contributed by atoms with Gasteiger partial charge in [-0.3, -0.25) is 4.79 Å². The maximum Gasteiger partial charge on any atom is 0.229 e. The molecule has 1 amide bonds. The summed E-state index contributed by atoms with van der Waals surface area (Å²) in [5.41, 5.74) is 1.58. The van der Waals surface area contributed by atoms with Crippen LogP contribution in [0.4, 0.5) is 0 Å². The largest absolute Gasteiger partial charge is 0.387 e. The third-order valence-corrected chi connectivity index (χ3v) is 4.56. The highest BCUT2D eigenvalue weighted by atomic mass is 35.5. The summed E-state index contributed by atoms with van der Waals surface area (Å²) >= 11 is 11.9. The molecule has 0 aliphatic rings. The topological polar surface area (TPSA) is 40.5 Å². The van der Waals surface area contributed by atoms with Crippen LogP contribution in [0.2, 0.25) is 10.0 Å². The van der Waals surface area contributed by atoms with Crippen LogP contribution in [0.3, 0.4) is 0 Å². The molecule has 122 valence electrons. The molecule has 5 heteroatoms. The van der Waals surface area contributed by atoms with Crippen molar-refractivity contribution in [2.24, 2.45) is 0 Å². The monoisotopic (exact) mass is 351 g/mol. The molecule has 2 unspecified atom stereocenters. The quantitative estimate of drug-likeness (QED) is 0.872.